The number of hydrogen-bond donors (Lipinski definition) is 2. The Bertz CT molecular complexity index is 419. The van der Waals surface area contributed by atoms with Crippen molar-refractivity contribution < 1.29 is 4.74 Å². The van der Waals surface area contributed by atoms with Crippen molar-refractivity contribution in [3.05, 3.63) is 17.7 Å². The first-order chi connectivity index (χ1) is 9.78. The van der Waals surface area contributed by atoms with Crippen LogP contribution in [-0.2, 0) is 11.3 Å². The van der Waals surface area contributed by atoms with Crippen LogP contribution in [0.5, 0.6) is 0 Å². The van der Waals surface area contributed by atoms with Crippen molar-refractivity contribution in [1.29, 1.82) is 0 Å². The van der Waals surface area contributed by atoms with Crippen molar-refractivity contribution in [1.82, 2.24) is 20.2 Å². The number of piperidine rings is 1. The van der Waals surface area contributed by atoms with E-state index in [1.54, 1.807) is 7.11 Å². The second-order valence-corrected chi connectivity index (χ2v) is 6.18. The van der Waals surface area contributed by atoms with Crippen LogP contribution in [0.15, 0.2) is 6.20 Å². The van der Waals surface area contributed by atoms with E-state index in [2.05, 4.69) is 27.2 Å². The molecular formula is C15H26N4O. The van der Waals surface area contributed by atoms with Crippen molar-refractivity contribution >= 4 is 0 Å². The van der Waals surface area contributed by atoms with E-state index >= 15 is 0 Å². The number of ether oxygens (including phenoxy) is 1. The average molecular weight is 278 g/mol. The van der Waals surface area contributed by atoms with E-state index < -0.39 is 0 Å². The largest absolute Gasteiger partial charge is 0.383 e. The minimum absolute atomic E-state index is 0.622. The number of methoxy groups -OCH3 is 1. The summed E-state index contributed by atoms with van der Waals surface area (Å²) < 4.78 is 5.03. The van der Waals surface area contributed by atoms with Crippen LogP contribution in [0, 0.1) is 0 Å². The number of aromatic amines is 1. The van der Waals surface area contributed by atoms with Gasteiger partial charge in [-0.15, -0.1) is 0 Å². The molecule has 0 aromatic carbocycles. The topological polar surface area (TPSA) is 53.2 Å². The van der Waals surface area contributed by atoms with E-state index in [1.165, 1.54) is 37.2 Å². The van der Waals surface area contributed by atoms with Gasteiger partial charge in [-0.25, -0.2) is 4.98 Å². The highest BCUT2D eigenvalue weighted by molar-refractivity contribution is 5.10. The van der Waals surface area contributed by atoms with Crippen LogP contribution in [0.4, 0.5) is 0 Å². The maximum Gasteiger partial charge on any atom is 0.109 e. The van der Waals surface area contributed by atoms with Crippen LogP contribution in [0.3, 0.4) is 0 Å². The van der Waals surface area contributed by atoms with Gasteiger partial charge in [0.15, 0.2) is 0 Å². The molecule has 2 atom stereocenters. The lowest BCUT2D eigenvalue weighted by atomic mass is 9.90. The summed E-state index contributed by atoms with van der Waals surface area (Å²) in [6, 6.07) is 1.54. The number of imidazole rings is 1. The van der Waals surface area contributed by atoms with Gasteiger partial charge in [0.1, 0.15) is 5.82 Å². The summed E-state index contributed by atoms with van der Waals surface area (Å²) in [5, 5.41) is 3.35. The van der Waals surface area contributed by atoms with E-state index in [4.69, 9.17) is 4.74 Å². The van der Waals surface area contributed by atoms with Gasteiger partial charge in [0, 0.05) is 50.1 Å². The molecule has 2 aliphatic heterocycles. The normalized spacial score (nSPS) is 30.0. The molecule has 2 N–H and O–H groups in total. The second-order valence-electron chi connectivity index (χ2n) is 6.18. The predicted molar refractivity (Wildman–Crippen MR) is 78.7 cm³/mol. The summed E-state index contributed by atoms with van der Waals surface area (Å²) in [4.78, 5) is 10.7. The molecule has 2 unspecified atom stereocenters. The zero-order valence-electron chi connectivity index (χ0n) is 12.6. The summed E-state index contributed by atoms with van der Waals surface area (Å²) in [6.07, 6.45) is 7.23. The van der Waals surface area contributed by atoms with Crippen molar-refractivity contribution in [3.63, 3.8) is 0 Å². The Morgan fingerprint density at radius 3 is 2.85 bits per heavy atom. The predicted octanol–water partition coefficient (Wildman–Crippen LogP) is 1.49. The van der Waals surface area contributed by atoms with Crippen LogP contribution >= 0.6 is 0 Å². The molecule has 2 bridgehead atoms. The Morgan fingerprint density at radius 2 is 2.15 bits per heavy atom. The molecule has 1 aromatic heterocycles. The molecular weight excluding hydrogens is 252 g/mol. The molecule has 0 amide bonds. The number of aromatic nitrogens is 2. The van der Waals surface area contributed by atoms with Crippen LogP contribution in [0.1, 0.15) is 43.1 Å². The number of nitrogens with zero attached hydrogens (tertiary/aromatic N) is 2. The molecule has 1 aromatic rings. The highest BCUT2D eigenvalue weighted by atomic mass is 16.5. The third-order valence-corrected chi connectivity index (χ3v) is 4.93. The fourth-order valence-corrected chi connectivity index (χ4v) is 3.71. The van der Waals surface area contributed by atoms with E-state index in [1.807, 2.05) is 6.20 Å². The Balaban J connectivity index is 1.54. The van der Waals surface area contributed by atoms with Gasteiger partial charge in [0.25, 0.3) is 0 Å². The summed E-state index contributed by atoms with van der Waals surface area (Å²) in [6.45, 7) is 2.47. The fraction of sp³-hybridized carbons (Fsp3) is 0.800. The number of nitrogens with one attached hydrogen (secondary N) is 2. The molecule has 2 aliphatic rings. The third-order valence-electron chi connectivity index (χ3n) is 4.93. The highest BCUT2D eigenvalue weighted by Gasteiger charge is 2.39. The summed E-state index contributed by atoms with van der Waals surface area (Å²) in [5.74, 6) is 1.81. The molecule has 20 heavy (non-hydrogen) atoms. The molecule has 112 valence electrons. The van der Waals surface area contributed by atoms with Gasteiger partial charge in [-0.3, -0.25) is 0 Å². The Hall–Kier alpha value is -0.910. The van der Waals surface area contributed by atoms with Gasteiger partial charge in [-0.05, 0) is 32.7 Å². The first-order valence-corrected chi connectivity index (χ1v) is 7.73. The standard InChI is InChI=1S/C15H26N4O/c1-19-13-3-4-14(19)8-11(7-13)15-17-10-12(18-15)9-16-5-6-20-2/h10-11,13-14,16H,3-9H2,1-2H3,(H,17,18). The van der Waals surface area contributed by atoms with E-state index in [0.717, 1.165) is 31.8 Å². The van der Waals surface area contributed by atoms with Gasteiger partial charge in [0.2, 0.25) is 0 Å². The van der Waals surface area contributed by atoms with Crippen LogP contribution in [0.2, 0.25) is 0 Å². The average Bonchev–Trinajstić information content (AvgIpc) is 2.97. The smallest absolute Gasteiger partial charge is 0.109 e. The second kappa shape index (κ2) is 6.24. The summed E-state index contributed by atoms with van der Waals surface area (Å²) in [5.41, 5.74) is 1.18. The van der Waals surface area contributed by atoms with Crippen LogP contribution in [0.25, 0.3) is 0 Å². The molecule has 2 fully saturated rings. The third kappa shape index (κ3) is 2.90. The highest BCUT2D eigenvalue weighted by Crippen LogP contribution is 2.41. The SMILES string of the molecule is COCCNCc1cnc(C2CC3CCC(C2)N3C)[nH]1. The lowest BCUT2D eigenvalue weighted by Gasteiger charge is -2.35. The first-order valence-electron chi connectivity index (χ1n) is 7.73. The van der Waals surface area contributed by atoms with Gasteiger partial charge in [-0.2, -0.15) is 0 Å². The molecule has 0 radical (unpaired) electrons. The molecule has 5 heteroatoms. The Labute approximate surface area is 121 Å². The van der Waals surface area contributed by atoms with Crippen molar-refractivity contribution in [2.45, 2.75) is 50.2 Å². The fourth-order valence-electron chi connectivity index (χ4n) is 3.71. The first kappa shape index (κ1) is 14.0. The maximum absolute atomic E-state index is 5.03. The van der Waals surface area contributed by atoms with E-state index in [0.29, 0.717) is 5.92 Å². The Morgan fingerprint density at radius 1 is 1.40 bits per heavy atom. The van der Waals surface area contributed by atoms with Crippen LogP contribution < -0.4 is 5.32 Å². The van der Waals surface area contributed by atoms with Crippen molar-refractivity contribution in [2.24, 2.45) is 0 Å². The van der Waals surface area contributed by atoms with Gasteiger partial charge in [0.05, 0.1) is 6.61 Å². The lowest BCUT2D eigenvalue weighted by Crippen LogP contribution is -2.39. The number of H-pyrrole nitrogens is 1. The van der Waals surface area contributed by atoms with Gasteiger partial charge >= 0.3 is 0 Å². The number of hydrogen-bond acceptors (Lipinski definition) is 4. The molecule has 0 aliphatic carbocycles. The monoisotopic (exact) mass is 278 g/mol. The molecule has 5 nitrogen and oxygen atoms in total. The number of fused-ring (bicyclic) bond motifs is 2. The number of rotatable bonds is 6. The summed E-state index contributed by atoms with van der Waals surface area (Å²) in [7, 11) is 4.01. The lowest BCUT2D eigenvalue weighted by molar-refractivity contribution is 0.159. The summed E-state index contributed by atoms with van der Waals surface area (Å²) >= 11 is 0. The van der Waals surface area contributed by atoms with Gasteiger partial charge in [-0.1, -0.05) is 0 Å². The molecule has 0 spiro atoms. The minimum atomic E-state index is 0.622. The minimum Gasteiger partial charge on any atom is -0.383 e. The quantitative estimate of drug-likeness (QED) is 0.774. The molecule has 3 heterocycles. The van der Waals surface area contributed by atoms with Crippen molar-refractivity contribution in [2.75, 3.05) is 27.3 Å². The van der Waals surface area contributed by atoms with Crippen LogP contribution in [-0.4, -0.2) is 54.3 Å². The Kier molecular flexibility index (Phi) is 4.38. The molecule has 0 saturated carbocycles. The molecule has 3 rings (SSSR count). The zero-order chi connectivity index (χ0) is 13.9. The van der Waals surface area contributed by atoms with Gasteiger partial charge < -0.3 is 19.9 Å². The molecule has 2 saturated heterocycles. The van der Waals surface area contributed by atoms with Crippen molar-refractivity contribution in [3.8, 4) is 0 Å². The van der Waals surface area contributed by atoms with E-state index in [9.17, 15) is 0 Å². The maximum atomic E-state index is 5.03. The van der Waals surface area contributed by atoms with E-state index in [-0.39, 0.29) is 0 Å². The zero-order valence-corrected chi connectivity index (χ0v) is 12.6.